The maximum Gasteiger partial charge on any atom is 0.326 e. The third kappa shape index (κ3) is 8.03. The second-order valence-electron chi connectivity index (χ2n) is 2.60. The average molecular weight is 211 g/mol. The van der Waals surface area contributed by atoms with Crippen LogP contribution in [0.25, 0.3) is 0 Å². The molecule has 4 N–H and O–H groups in total. The Morgan fingerprint density at radius 2 is 1.93 bits per heavy atom. The molecule has 0 heterocycles. The SMILES string of the molecule is CC(=O)N[C@H](CCC(N)=O)C(=O)O.[Na]. The van der Waals surface area contributed by atoms with Gasteiger partial charge in [0.2, 0.25) is 11.8 Å². The van der Waals surface area contributed by atoms with E-state index in [1.54, 1.807) is 0 Å². The van der Waals surface area contributed by atoms with E-state index in [2.05, 4.69) is 5.32 Å². The molecule has 0 aliphatic carbocycles. The number of rotatable bonds is 5. The third-order valence-electron chi connectivity index (χ3n) is 1.36. The molecule has 2 amide bonds. The molecule has 0 aliphatic rings. The maximum absolute atomic E-state index is 10.5. The molecule has 1 radical (unpaired) electrons. The van der Waals surface area contributed by atoms with Crippen LogP contribution in [0.15, 0.2) is 0 Å². The van der Waals surface area contributed by atoms with Gasteiger partial charge >= 0.3 is 5.97 Å². The molecule has 0 bridgehead atoms. The molecule has 6 nitrogen and oxygen atoms in total. The summed E-state index contributed by atoms with van der Waals surface area (Å²) < 4.78 is 0. The van der Waals surface area contributed by atoms with E-state index in [0.717, 1.165) is 0 Å². The van der Waals surface area contributed by atoms with Gasteiger partial charge in [0.15, 0.2) is 0 Å². The molecule has 0 spiro atoms. The van der Waals surface area contributed by atoms with Crippen molar-refractivity contribution in [2.24, 2.45) is 5.73 Å². The average Bonchev–Trinajstić information content (AvgIpc) is 1.96. The van der Waals surface area contributed by atoms with Crippen molar-refractivity contribution in [1.29, 1.82) is 0 Å². The fourth-order valence-electron chi connectivity index (χ4n) is 0.789. The molecule has 0 fully saturated rings. The summed E-state index contributed by atoms with van der Waals surface area (Å²) in [7, 11) is 0. The Morgan fingerprint density at radius 1 is 1.43 bits per heavy atom. The number of carboxylic acid groups (broad SMARTS) is 1. The van der Waals surface area contributed by atoms with E-state index in [0.29, 0.717) is 0 Å². The van der Waals surface area contributed by atoms with Crippen LogP contribution in [0.1, 0.15) is 19.8 Å². The Morgan fingerprint density at radius 3 is 2.21 bits per heavy atom. The van der Waals surface area contributed by atoms with Crippen molar-refractivity contribution in [2.75, 3.05) is 0 Å². The molecule has 0 rings (SSSR count). The molecule has 1 atom stereocenters. The van der Waals surface area contributed by atoms with Gasteiger partial charge in [0.1, 0.15) is 6.04 Å². The van der Waals surface area contributed by atoms with Crippen molar-refractivity contribution in [3.05, 3.63) is 0 Å². The summed E-state index contributed by atoms with van der Waals surface area (Å²) in [5, 5.41) is 10.8. The summed E-state index contributed by atoms with van der Waals surface area (Å²) in [5.74, 6) is -2.20. The van der Waals surface area contributed by atoms with Crippen molar-refractivity contribution < 1.29 is 19.5 Å². The predicted molar refractivity (Wildman–Crippen MR) is 49.4 cm³/mol. The van der Waals surface area contributed by atoms with E-state index in [1.807, 2.05) is 0 Å². The number of aliphatic carboxylic acids is 1. The fourth-order valence-corrected chi connectivity index (χ4v) is 0.789. The number of hydrogen-bond donors (Lipinski definition) is 3. The molecule has 0 saturated carbocycles. The Kier molecular flexibility index (Phi) is 8.82. The molecule has 14 heavy (non-hydrogen) atoms. The molecule has 0 aromatic heterocycles. The first-order valence-corrected chi connectivity index (χ1v) is 3.71. The summed E-state index contributed by atoms with van der Waals surface area (Å²) in [5.41, 5.74) is 4.83. The minimum absolute atomic E-state index is 0. The number of nitrogens with one attached hydrogen (secondary N) is 1. The summed E-state index contributed by atoms with van der Waals surface area (Å²) in [6.07, 6.45) is -0.0402. The number of primary amides is 1. The smallest absolute Gasteiger partial charge is 0.326 e. The number of hydrogen-bond acceptors (Lipinski definition) is 3. The van der Waals surface area contributed by atoms with Crippen molar-refractivity contribution in [1.82, 2.24) is 5.32 Å². The van der Waals surface area contributed by atoms with E-state index < -0.39 is 23.8 Å². The zero-order chi connectivity index (χ0) is 10.4. The van der Waals surface area contributed by atoms with Gasteiger partial charge in [-0.2, -0.15) is 0 Å². The molecule has 7 heteroatoms. The van der Waals surface area contributed by atoms with E-state index in [-0.39, 0.29) is 42.4 Å². The van der Waals surface area contributed by atoms with Gasteiger partial charge in [-0.25, -0.2) is 4.79 Å². The van der Waals surface area contributed by atoms with Crippen LogP contribution in [-0.4, -0.2) is 58.5 Å². The number of nitrogens with two attached hydrogens (primary N) is 1. The normalized spacial score (nSPS) is 10.9. The van der Waals surface area contributed by atoms with Gasteiger partial charge < -0.3 is 16.2 Å². The Labute approximate surface area is 104 Å². The van der Waals surface area contributed by atoms with Crippen LogP contribution < -0.4 is 11.1 Å². The first kappa shape index (κ1) is 15.9. The minimum atomic E-state index is -1.17. The summed E-state index contributed by atoms with van der Waals surface area (Å²) >= 11 is 0. The largest absolute Gasteiger partial charge is 0.480 e. The Balaban J connectivity index is 0. The van der Waals surface area contributed by atoms with Crippen LogP contribution in [0.5, 0.6) is 0 Å². The second kappa shape index (κ2) is 7.78. The number of carboxylic acids is 1. The monoisotopic (exact) mass is 211 g/mol. The minimum Gasteiger partial charge on any atom is -0.480 e. The maximum atomic E-state index is 10.5. The van der Waals surface area contributed by atoms with Crippen LogP contribution in [0.4, 0.5) is 0 Å². The van der Waals surface area contributed by atoms with Gasteiger partial charge in [-0.3, -0.25) is 9.59 Å². The van der Waals surface area contributed by atoms with Crippen LogP contribution in [0.2, 0.25) is 0 Å². The van der Waals surface area contributed by atoms with Crippen LogP contribution in [0.3, 0.4) is 0 Å². The number of carbonyl (C=O) groups is 3. The first-order valence-electron chi connectivity index (χ1n) is 3.71. The predicted octanol–water partition coefficient (Wildman–Crippen LogP) is -1.54. The Hall–Kier alpha value is -0.590. The summed E-state index contributed by atoms with van der Waals surface area (Å²) in [6.45, 7) is 1.21. The van der Waals surface area contributed by atoms with Gasteiger partial charge in [0.05, 0.1) is 0 Å². The van der Waals surface area contributed by atoms with Gasteiger partial charge in [0, 0.05) is 42.9 Å². The van der Waals surface area contributed by atoms with E-state index in [1.165, 1.54) is 6.92 Å². The third-order valence-corrected chi connectivity index (χ3v) is 1.36. The number of carbonyl (C=O) groups excluding carboxylic acids is 2. The van der Waals surface area contributed by atoms with E-state index in [9.17, 15) is 14.4 Å². The van der Waals surface area contributed by atoms with Crippen LogP contribution in [0, 0.1) is 0 Å². The fraction of sp³-hybridized carbons (Fsp3) is 0.571. The molecular formula is C7H12N2NaO4. The molecular weight excluding hydrogens is 199 g/mol. The topological polar surface area (TPSA) is 109 Å². The van der Waals surface area contributed by atoms with Crippen molar-refractivity contribution in [2.45, 2.75) is 25.8 Å². The van der Waals surface area contributed by atoms with E-state index in [4.69, 9.17) is 10.8 Å². The molecule has 0 unspecified atom stereocenters. The molecule has 75 valence electrons. The van der Waals surface area contributed by atoms with E-state index >= 15 is 0 Å². The second-order valence-corrected chi connectivity index (χ2v) is 2.60. The van der Waals surface area contributed by atoms with Crippen LogP contribution >= 0.6 is 0 Å². The quantitative estimate of drug-likeness (QED) is 0.479. The molecule has 0 aliphatic heterocycles. The zero-order valence-corrected chi connectivity index (χ0v) is 10.2. The van der Waals surface area contributed by atoms with Gasteiger partial charge in [0.25, 0.3) is 0 Å². The first-order chi connectivity index (χ1) is 5.93. The van der Waals surface area contributed by atoms with Gasteiger partial charge in [-0.05, 0) is 6.42 Å². The van der Waals surface area contributed by atoms with Gasteiger partial charge in [-0.1, -0.05) is 0 Å². The molecule has 0 saturated heterocycles. The van der Waals surface area contributed by atoms with Crippen molar-refractivity contribution in [3.63, 3.8) is 0 Å². The van der Waals surface area contributed by atoms with Gasteiger partial charge in [-0.15, -0.1) is 0 Å². The van der Waals surface area contributed by atoms with Crippen molar-refractivity contribution in [3.8, 4) is 0 Å². The summed E-state index contributed by atoms with van der Waals surface area (Å²) in [6, 6.07) is -1.04. The summed E-state index contributed by atoms with van der Waals surface area (Å²) in [4.78, 5) is 31.3. The zero-order valence-electron chi connectivity index (χ0n) is 8.24. The Bertz CT molecular complexity index is 232. The molecule has 0 aromatic carbocycles. The van der Waals surface area contributed by atoms with Crippen LogP contribution in [-0.2, 0) is 14.4 Å². The standard InChI is InChI=1S/C7H12N2O4.Na/c1-4(10)9-5(7(12)13)2-3-6(8)11;/h5H,2-3H2,1H3,(H2,8,11)(H,9,10)(H,12,13);/t5-;/m1./s1. The van der Waals surface area contributed by atoms with Crippen molar-refractivity contribution >= 4 is 47.3 Å². The number of amides is 2. The molecule has 0 aromatic rings.